The highest BCUT2D eigenvalue weighted by Gasteiger charge is 2.23. The predicted octanol–water partition coefficient (Wildman–Crippen LogP) is 4.44. The van der Waals surface area contributed by atoms with Gasteiger partial charge in [0.25, 0.3) is 5.91 Å². The van der Waals surface area contributed by atoms with E-state index in [1.165, 1.54) is 11.3 Å². The molecule has 0 unspecified atom stereocenters. The second-order valence-electron chi connectivity index (χ2n) is 7.62. The van der Waals surface area contributed by atoms with Crippen molar-refractivity contribution >= 4 is 11.6 Å². The average molecular weight is 401 g/mol. The standard InChI is InChI=1S/C26H28N2O2/c1-30-24-15-13-23(14-16-24)27-17-19-28(20-18-27)26(29)25-10-6-5-9-22(25)12-11-21-7-3-2-4-8-21/h2-10,13-16H,11-12,17-20H2,1H3. The third-order valence-electron chi connectivity index (χ3n) is 5.78. The zero-order chi connectivity index (χ0) is 20.8. The van der Waals surface area contributed by atoms with Crippen molar-refractivity contribution in [1.82, 2.24) is 4.90 Å². The molecule has 4 rings (SSSR count). The van der Waals surface area contributed by atoms with E-state index in [0.29, 0.717) is 0 Å². The zero-order valence-electron chi connectivity index (χ0n) is 17.5. The number of carbonyl (C=O) groups is 1. The third-order valence-corrected chi connectivity index (χ3v) is 5.78. The molecule has 0 saturated carbocycles. The summed E-state index contributed by atoms with van der Waals surface area (Å²) >= 11 is 0. The number of aryl methyl sites for hydroxylation is 2. The molecule has 0 N–H and O–H groups in total. The van der Waals surface area contributed by atoms with Crippen LogP contribution in [-0.4, -0.2) is 44.1 Å². The molecule has 3 aromatic carbocycles. The van der Waals surface area contributed by atoms with E-state index in [9.17, 15) is 4.79 Å². The van der Waals surface area contributed by atoms with Gasteiger partial charge in [0.05, 0.1) is 7.11 Å². The Labute approximate surface area is 178 Å². The van der Waals surface area contributed by atoms with Gasteiger partial charge in [-0.1, -0.05) is 48.5 Å². The fourth-order valence-electron chi connectivity index (χ4n) is 4.00. The van der Waals surface area contributed by atoms with Crippen LogP contribution in [0.25, 0.3) is 0 Å². The van der Waals surface area contributed by atoms with Gasteiger partial charge in [-0.05, 0) is 54.3 Å². The van der Waals surface area contributed by atoms with Crippen LogP contribution in [0.2, 0.25) is 0 Å². The molecule has 1 aliphatic heterocycles. The molecule has 1 aliphatic rings. The Balaban J connectivity index is 1.39. The molecule has 0 bridgehead atoms. The zero-order valence-corrected chi connectivity index (χ0v) is 17.5. The lowest BCUT2D eigenvalue weighted by Gasteiger charge is -2.36. The van der Waals surface area contributed by atoms with Gasteiger partial charge in [-0.3, -0.25) is 4.79 Å². The summed E-state index contributed by atoms with van der Waals surface area (Å²) < 4.78 is 5.24. The molecule has 0 spiro atoms. The van der Waals surface area contributed by atoms with Gasteiger partial charge in [0.2, 0.25) is 0 Å². The van der Waals surface area contributed by atoms with Crippen LogP contribution in [0.3, 0.4) is 0 Å². The molecule has 30 heavy (non-hydrogen) atoms. The highest BCUT2D eigenvalue weighted by Crippen LogP contribution is 2.22. The largest absolute Gasteiger partial charge is 0.497 e. The van der Waals surface area contributed by atoms with E-state index >= 15 is 0 Å². The van der Waals surface area contributed by atoms with Crippen molar-refractivity contribution in [3.8, 4) is 5.75 Å². The minimum Gasteiger partial charge on any atom is -0.497 e. The van der Waals surface area contributed by atoms with E-state index in [0.717, 1.165) is 55.9 Å². The number of ether oxygens (including phenoxy) is 1. The molecule has 4 nitrogen and oxygen atoms in total. The number of hydrogen-bond donors (Lipinski definition) is 0. The van der Waals surface area contributed by atoms with Gasteiger partial charge < -0.3 is 14.5 Å². The van der Waals surface area contributed by atoms with E-state index in [2.05, 4.69) is 47.4 Å². The number of methoxy groups -OCH3 is 1. The Kier molecular flexibility index (Phi) is 6.33. The molecule has 0 atom stereocenters. The van der Waals surface area contributed by atoms with Crippen LogP contribution in [0.15, 0.2) is 78.9 Å². The van der Waals surface area contributed by atoms with Crippen molar-refractivity contribution in [2.45, 2.75) is 12.8 Å². The first-order valence-electron chi connectivity index (χ1n) is 10.5. The highest BCUT2D eigenvalue weighted by molar-refractivity contribution is 5.95. The van der Waals surface area contributed by atoms with Crippen LogP contribution in [0.5, 0.6) is 5.75 Å². The maximum atomic E-state index is 13.2. The molecule has 1 fully saturated rings. The van der Waals surface area contributed by atoms with Gasteiger partial charge in [0.1, 0.15) is 5.75 Å². The topological polar surface area (TPSA) is 32.8 Å². The molecule has 1 saturated heterocycles. The van der Waals surface area contributed by atoms with Crippen LogP contribution in [0.1, 0.15) is 21.5 Å². The summed E-state index contributed by atoms with van der Waals surface area (Å²) in [6.07, 6.45) is 1.81. The first-order valence-corrected chi connectivity index (χ1v) is 10.5. The number of hydrogen-bond acceptors (Lipinski definition) is 3. The molecular formula is C26H28N2O2. The Morgan fingerprint density at radius 1 is 0.800 bits per heavy atom. The second-order valence-corrected chi connectivity index (χ2v) is 7.62. The quantitative estimate of drug-likeness (QED) is 0.613. The minimum atomic E-state index is 0.146. The SMILES string of the molecule is COc1ccc(N2CCN(C(=O)c3ccccc3CCc3ccccc3)CC2)cc1. The number of piperazine rings is 1. The van der Waals surface area contributed by atoms with Crippen LogP contribution in [0.4, 0.5) is 5.69 Å². The number of carbonyl (C=O) groups excluding carboxylic acids is 1. The monoisotopic (exact) mass is 400 g/mol. The third kappa shape index (κ3) is 4.65. The van der Waals surface area contributed by atoms with Crippen molar-refractivity contribution in [1.29, 1.82) is 0 Å². The smallest absolute Gasteiger partial charge is 0.254 e. The van der Waals surface area contributed by atoms with Gasteiger partial charge in [-0.25, -0.2) is 0 Å². The molecule has 4 heteroatoms. The highest BCUT2D eigenvalue weighted by atomic mass is 16.5. The summed E-state index contributed by atoms with van der Waals surface area (Å²) in [5, 5.41) is 0. The Morgan fingerprint density at radius 3 is 2.17 bits per heavy atom. The number of nitrogens with zero attached hydrogens (tertiary/aromatic N) is 2. The van der Waals surface area contributed by atoms with Crippen molar-refractivity contribution in [2.24, 2.45) is 0 Å². The van der Waals surface area contributed by atoms with E-state index in [-0.39, 0.29) is 5.91 Å². The van der Waals surface area contributed by atoms with E-state index in [1.807, 2.05) is 41.3 Å². The fraction of sp³-hybridized carbons (Fsp3) is 0.269. The summed E-state index contributed by atoms with van der Waals surface area (Å²) in [6.45, 7) is 3.14. The predicted molar refractivity (Wildman–Crippen MR) is 121 cm³/mol. The lowest BCUT2D eigenvalue weighted by atomic mass is 9.99. The van der Waals surface area contributed by atoms with Crippen LogP contribution in [0, 0.1) is 0 Å². The van der Waals surface area contributed by atoms with Crippen LogP contribution < -0.4 is 9.64 Å². The normalized spacial score (nSPS) is 13.9. The molecule has 0 aromatic heterocycles. The van der Waals surface area contributed by atoms with Gasteiger partial charge in [-0.15, -0.1) is 0 Å². The van der Waals surface area contributed by atoms with Crippen molar-refractivity contribution in [2.75, 3.05) is 38.2 Å². The number of rotatable bonds is 6. The van der Waals surface area contributed by atoms with Crippen molar-refractivity contribution in [3.05, 3.63) is 95.6 Å². The maximum absolute atomic E-state index is 13.2. The first-order chi connectivity index (χ1) is 14.7. The molecule has 1 heterocycles. The van der Waals surface area contributed by atoms with E-state index < -0.39 is 0 Å². The van der Waals surface area contributed by atoms with Crippen LogP contribution >= 0.6 is 0 Å². The summed E-state index contributed by atoms with van der Waals surface area (Å²) in [4.78, 5) is 17.6. The lowest BCUT2D eigenvalue weighted by molar-refractivity contribution is 0.0745. The Hall–Kier alpha value is -3.27. The number of benzene rings is 3. The van der Waals surface area contributed by atoms with Gasteiger partial charge >= 0.3 is 0 Å². The number of amides is 1. The maximum Gasteiger partial charge on any atom is 0.254 e. The summed E-state index contributed by atoms with van der Waals surface area (Å²) in [6, 6.07) is 26.6. The lowest BCUT2D eigenvalue weighted by Crippen LogP contribution is -2.49. The van der Waals surface area contributed by atoms with Crippen molar-refractivity contribution < 1.29 is 9.53 Å². The molecule has 1 amide bonds. The second kappa shape index (κ2) is 9.49. The summed E-state index contributed by atoms with van der Waals surface area (Å²) in [5.41, 5.74) is 4.44. The molecule has 3 aromatic rings. The van der Waals surface area contributed by atoms with Gasteiger partial charge in [0.15, 0.2) is 0 Å². The van der Waals surface area contributed by atoms with Crippen molar-refractivity contribution in [3.63, 3.8) is 0 Å². The average Bonchev–Trinajstić information content (AvgIpc) is 2.83. The summed E-state index contributed by atoms with van der Waals surface area (Å²) in [7, 11) is 1.68. The van der Waals surface area contributed by atoms with Gasteiger partial charge in [-0.2, -0.15) is 0 Å². The summed E-state index contributed by atoms with van der Waals surface area (Å²) in [5.74, 6) is 1.01. The fourth-order valence-corrected chi connectivity index (χ4v) is 4.00. The molecular weight excluding hydrogens is 372 g/mol. The van der Waals surface area contributed by atoms with Gasteiger partial charge in [0, 0.05) is 37.4 Å². The molecule has 154 valence electrons. The van der Waals surface area contributed by atoms with E-state index in [4.69, 9.17) is 4.74 Å². The first kappa shape index (κ1) is 20.0. The minimum absolute atomic E-state index is 0.146. The number of anilines is 1. The molecule has 0 aliphatic carbocycles. The Morgan fingerprint density at radius 2 is 1.47 bits per heavy atom. The Bertz CT molecular complexity index is 962. The van der Waals surface area contributed by atoms with Crippen LogP contribution in [-0.2, 0) is 12.8 Å². The van der Waals surface area contributed by atoms with E-state index in [1.54, 1.807) is 7.11 Å². The molecule has 0 radical (unpaired) electrons.